The van der Waals surface area contributed by atoms with E-state index in [0.29, 0.717) is 0 Å². The van der Waals surface area contributed by atoms with Crippen LogP contribution in [0, 0.1) is 0 Å². The van der Waals surface area contributed by atoms with Gasteiger partial charge in [0.15, 0.2) is 0 Å². The predicted molar refractivity (Wildman–Crippen MR) is 92.4 cm³/mol. The van der Waals surface area contributed by atoms with E-state index in [-0.39, 0.29) is 0 Å². The highest BCUT2D eigenvalue weighted by molar-refractivity contribution is 5.31. The summed E-state index contributed by atoms with van der Waals surface area (Å²) >= 11 is 0. The molecular weight excluding hydrogens is 290 g/mol. The quantitative estimate of drug-likeness (QED) is 0.770. The first-order chi connectivity index (χ1) is 11.3. The van der Waals surface area contributed by atoms with Crippen LogP contribution in [0.25, 0.3) is 0 Å². The van der Waals surface area contributed by atoms with Gasteiger partial charge in [0.25, 0.3) is 0 Å². The highest BCUT2D eigenvalue weighted by atomic mass is 16.5. The Labute approximate surface area is 139 Å². The number of rotatable bonds is 7. The summed E-state index contributed by atoms with van der Waals surface area (Å²) in [4.78, 5) is 5.22. The maximum Gasteiger partial charge on any atom is 0.119 e. The van der Waals surface area contributed by atoms with Crippen molar-refractivity contribution in [1.29, 1.82) is 0 Å². The molecule has 2 heterocycles. The molecule has 0 amide bonds. The van der Waals surface area contributed by atoms with Gasteiger partial charge in [0.2, 0.25) is 0 Å². The van der Waals surface area contributed by atoms with Gasteiger partial charge in [-0.25, -0.2) is 0 Å². The van der Waals surface area contributed by atoms with Crippen LogP contribution in [0.5, 0.6) is 11.5 Å². The van der Waals surface area contributed by atoms with E-state index in [1.807, 2.05) is 24.3 Å². The standard InChI is InChI=1S/C18H29N3O2/c1-22-17-3-5-18(6-4-17)23-14-2-9-20-10-12-21(13-11-20)16-7-8-19-15-16/h3-6,16,19H,2,7-15H2,1H3/t16-/m0/s1. The second-order valence-electron chi connectivity index (χ2n) is 6.40. The van der Waals surface area contributed by atoms with E-state index in [0.717, 1.165) is 37.1 Å². The summed E-state index contributed by atoms with van der Waals surface area (Å²) in [5, 5.41) is 3.47. The molecule has 5 heteroatoms. The van der Waals surface area contributed by atoms with Crippen LogP contribution in [-0.4, -0.2) is 75.4 Å². The van der Waals surface area contributed by atoms with E-state index in [9.17, 15) is 0 Å². The zero-order valence-corrected chi connectivity index (χ0v) is 14.2. The zero-order valence-electron chi connectivity index (χ0n) is 14.2. The second-order valence-corrected chi connectivity index (χ2v) is 6.40. The summed E-state index contributed by atoms with van der Waals surface area (Å²) in [6, 6.07) is 8.58. The maximum absolute atomic E-state index is 5.80. The van der Waals surface area contributed by atoms with Gasteiger partial charge in [-0.15, -0.1) is 0 Å². The minimum atomic E-state index is 0.774. The molecule has 3 rings (SSSR count). The molecule has 0 saturated carbocycles. The molecule has 0 aliphatic carbocycles. The summed E-state index contributed by atoms with van der Waals surface area (Å²) in [5.74, 6) is 1.79. The lowest BCUT2D eigenvalue weighted by Gasteiger charge is -2.37. The van der Waals surface area contributed by atoms with Gasteiger partial charge in [-0.1, -0.05) is 0 Å². The van der Waals surface area contributed by atoms with Crippen molar-refractivity contribution < 1.29 is 9.47 Å². The lowest BCUT2D eigenvalue weighted by atomic mass is 10.2. The Balaban J connectivity index is 1.29. The highest BCUT2D eigenvalue weighted by Gasteiger charge is 2.25. The minimum absolute atomic E-state index is 0.774. The third-order valence-electron chi connectivity index (χ3n) is 4.90. The Morgan fingerprint density at radius 1 is 1.09 bits per heavy atom. The van der Waals surface area contributed by atoms with Crippen LogP contribution >= 0.6 is 0 Å². The lowest BCUT2D eigenvalue weighted by molar-refractivity contribution is 0.0984. The number of nitrogens with one attached hydrogen (secondary N) is 1. The fourth-order valence-corrected chi connectivity index (χ4v) is 3.45. The molecule has 2 saturated heterocycles. The number of hydrogen-bond acceptors (Lipinski definition) is 5. The highest BCUT2D eigenvalue weighted by Crippen LogP contribution is 2.17. The SMILES string of the molecule is COc1ccc(OCCCN2CCN([C@H]3CCNC3)CC2)cc1. The lowest BCUT2D eigenvalue weighted by Crippen LogP contribution is -2.51. The van der Waals surface area contributed by atoms with Crippen LogP contribution < -0.4 is 14.8 Å². The Morgan fingerprint density at radius 3 is 2.48 bits per heavy atom. The molecule has 0 spiro atoms. The first-order valence-electron chi connectivity index (χ1n) is 8.79. The third kappa shape index (κ3) is 4.83. The number of ether oxygens (including phenoxy) is 2. The molecule has 23 heavy (non-hydrogen) atoms. The van der Waals surface area contributed by atoms with Crippen molar-refractivity contribution in [2.45, 2.75) is 18.9 Å². The normalized spacial score (nSPS) is 23.1. The van der Waals surface area contributed by atoms with Crippen molar-refractivity contribution in [1.82, 2.24) is 15.1 Å². The zero-order chi connectivity index (χ0) is 15.9. The number of nitrogens with zero attached hydrogens (tertiary/aromatic N) is 2. The Kier molecular flexibility index (Phi) is 6.13. The van der Waals surface area contributed by atoms with Crippen molar-refractivity contribution >= 4 is 0 Å². The number of methoxy groups -OCH3 is 1. The fraction of sp³-hybridized carbons (Fsp3) is 0.667. The third-order valence-corrected chi connectivity index (χ3v) is 4.90. The van der Waals surface area contributed by atoms with Crippen molar-refractivity contribution in [3.8, 4) is 11.5 Å². The number of hydrogen-bond donors (Lipinski definition) is 1. The number of piperazine rings is 1. The molecule has 1 aromatic rings. The molecule has 1 atom stereocenters. The van der Waals surface area contributed by atoms with Crippen molar-refractivity contribution in [2.75, 3.05) is 59.5 Å². The molecule has 2 aliphatic heterocycles. The van der Waals surface area contributed by atoms with Gasteiger partial charge < -0.3 is 19.7 Å². The van der Waals surface area contributed by atoms with Gasteiger partial charge in [-0.2, -0.15) is 0 Å². The van der Waals surface area contributed by atoms with E-state index in [2.05, 4.69) is 15.1 Å². The minimum Gasteiger partial charge on any atom is -0.497 e. The molecule has 5 nitrogen and oxygen atoms in total. The van der Waals surface area contributed by atoms with Gasteiger partial charge >= 0.3 is 0 Å². The average Bonchev–Trinajstić information content (AvgIpc) is 3.14. The van der Waals surface area contributed by atoms with E-state index in [1.165, 1.54) is 45.7 Å². The van der Waals surface area contributed by atoms with Crippen molar-refractivity contribution in [2.24, 2.45) is 0 Å². The Hall–Kier alpha value is -1.30. The van der Waals surface area contributed by atoms with Gasteiger partial charge in [0, 0.05) is 45.3 Å². The molecule has 0 radical (unpaired) electrons. The van der Waals surface area contributed by atoms with E-state index in [1.54, 1.807) is 7.11 Å². The first-order valence-corrected chi connectivity index (χ1v) is 8.79. The first kappa shape index (κ1) is 16.6. The summed E-state index contributed by atoms with van der Waals surface area (Å²) in [6.45, 7) is 9.09. The molecule has 0 aromatic heterocycles. The number of benzene rings is 1. The summed E-state index contributed by atoms with van der Waals surface area (Å²) in [6.07, 6.45) is 2.40. The Bertz CT molecular complexity index is 452. The average molecular weight is 319 g/mol. The van der Waals surface area contributed by atoms with E-state index >= 15 is 0 Å². The molecule has 2 fully saturated rings. The molecule has 2 aliphatic rings. The van der Waals surface area contributed by atoms with Crippen LogP contribution in [-0.2, 0) is 0 Å². The van der Waals surface area contributed by atoms with Gasteiger partial charge in [-0.05, 0) is 43.7 Å². The maximum atomic E-state index is 5.80. The monoisotopic (exact) mass is 319 g/mol. The van der Waals surface area contributed by atoms with Gasteiger partial charge in [0.1, 0.15) is 11.5 Å². The largest absolute Gasteiger partial charge is 0.497 e. The van der Waals surface area contributed by atoms with E-state index in [4.69, 9.17) is 9.47 Å². The second kappa shape index (κ2) is 8.52. The van der Waals surface area contributed by atoms with Crippen LogP contribution in [0.3, 0.4) is 0 Å². The van der Waals surface area contributed by atoms with E-state index < -0.39 is 0 Å². The molecule has 1 N–H and O–H groups in total. The van der Waals surface area contributed by atoms with Gasteiger partial charge in [-0.3, -0.25) is 4.90 Å². The van der Waals surface area contributed by atoms with Gasteiger partial charge in [0.05, 0.1) is 13.7 Å². The molecule has 1 aromatic carbocycles. The Morgan fingerprint density at radius 2 is 1.83 bits per heavy atom. The molecule has 128 valence electrons. The molecule has 0 bridgehead atoms. The van der Waals surface area contributed by atoms with Crippen LogP contribution in [0.2, 0.25) is 0 Å². The molecular formula is C18H29N3O2. The summed E-state index contributed by atoms with van der Waals surface area (Å²) < 4.78 is 10.9. The van der Waals surface area contributed by atoms with Crippen LogP contribution in [0.1, 0.15) is 12.8 Å². The van der Waals surface area contributed by atoms with Crippen molar-refractivity contribution in [3.63, 3.8) is 0 Å². The smallest absolute Gasteiger partial charge is 0.119 e. The summed E-state index contributed by atoms with van der Waals surface area (Å²) in [5.41, 5.74) is 0. The van der Waals surface area contributed by atoms with Crippen molar-refractivity contribution in [3.05, 3.63) is 24.3 Å². The topological polar surface area (TPSA) is 37.0 Å². The van der Waals surface area contributed by atoms with Crippen LogP contribution in [0.4, 0.5) is 0 Å². The fourth-order valence-electron chi connectivity index (χ4n) is 3.45. The summed E-state index contributed by atoms with van der Waals surface area (Å²) in [7, 11) is 1.68. The predicted octanol–water partition coefficient (Wildman–Crippen LogP) is 1.44. The van der Waals surface area contributed by atoms with Crippen LogP contribution in [0.15, 0.2) is 24.3 Å². The molecule has 0 unspecified atom stereocenters.